The predicted octanol–water partition coefficient (Wildman–Crippen LogP) is 1.13. The monoisotopic (exact) mass is 274 g/mol. The molecule has 1 unspecified atom stereocenters. The van der Waals surface area contributed by atoms with E-state index >= 15 is 0 Å². The molecule has 0 spiro atoms. The third-order valence-corrected chi connectivity index (χ3v) is 2.42. The third-order valence-electron chi connectivity index (χ3n) is 2.20. The number of carbonyl (C=O) groups is 1. The second-order valence-electron chi connectivity index (χ2n) is 4.28. The Labute approximate surface area is 110 Å². The van der Waals surface area contributed by atoms with Gasteiger partial charge in [0.05, 0.1) is 6.10 Å². The first kappa shape index (κ1) is 14.9. The molecule has 0 radical (unpaired) electrons. The molecule has 4 nitrogen and oxygen atoms in total. The standard InChI is InChI=1S/C12H16ClFN2O2/c1-16(2)7-11(17)6-15-12(18)8-3-9(13)5-10(14)4-8/h3-5,11,17H,6-7H2,1-2H3,(H,15,18). The quantitative estimate of drug-likeness (QED) is 0.846. The van der Waals surface area contributed by atoms with Gasteiger partial charge in [-0.25, -0.2) is 4.39 Å². The van der Waals surface area contributed by atoms with E-state index in [0.717, 1.165) is 12.1 Å². The highest BCUT2D eigenvalue weighted by Crippen LogP contribution is 2.13. The molecule has 0 saturated heterocycles. The first-order valence-corrected chi connectivity index (χ1v) is 5.83. The first-order valence-electron chi connectivity index (χ1n) is 5.45. The predicted molar refractivity (Wildman–Crippen MR) is 68.3 cm³/mol. The molecular weight excluding hydrogens is 259 g/mol. The van der Waals surface area contributed by atoms with E-state index in [0.29, 0.717) is 6.54 Å². The van der Waals surface area contributed by atoms with E-state index in [1.165, 1.54) is 6.07 Å². The van der Waals surface area contributed by atoms with E-state index in [1.54, 1.807) is 4.90 Å². The zero-order valence-corrected chi connectivity index (χ0v) is 11.0. The molecule has 1 aromatic rings. The Kier molecular flexibility index (Phi) is 5.53. The largest absolute Gasteiger partial charge is 0.390 e. The lowest BCUT2D eigenvalue weighted by Crippen LogP contribution is -2.37. The number of nitrogens with one attached hydrogen (secondary N) is 1. The molecule has 18 heavy (non-hydrogen) atoms. The minimum atomic E-state index is -0.673. The maximum Gasteiger partial charge on any atom is 0.251 e. The minimum absolute atomic E-state index is 0.102. The van der Waals surface area contributed by atoms with Gasteiger partial charge in [-0.05, 0) is 32.3 Å². The highest BCUT2D eigenvalue weighted by atomic mass is 35.5. The van der Waals surface area contributed by atoms with Gasteiger partial charge in [0, 0.05) is 23.7 Å². The Bertz CT molecular complexity index is 406. The summed E-state index contributed by atoms with van der Waals surface area (Å²) in [5, 5.41) is 12.2. The number of aliphatic hydroxyl groups excluding tert-OH is 1. The van der Waals surface area contributed by atoms with Gasteiger partial charge in [-0.3, -0.25) is 4.79 Å². The molecule has 2 N–H and O–H groups in total. The Morgan fingerprint density at radius 2 is 2.17 bits per heavy atom. The van der Waals surface area contributed by atoms with Crippen LogP contribution in [0.3, 0.4) is 0 Å². The van der Waals surface area contributed by atoms with Crippen molar-refractivity contribution in [3.05, 3.63) is 34.6 Å². The Morgan fingerprint density at radius 1 is 1.50 bits per heavy atom. The maximum atomic E-state index is 13.0. The van der Waals surface area contributed by atoms with Gasteiger partial charge in [0.15, 0.2) is 0 Å². The fourth-order valence-electron chi connectivity index (χ4n) is 1.48. The summed E-state index contributed by atoms with van der Waals surface area (Å²) in [7, 11) is 3.63. The van der Waals surface area contributed by atoms with Crippen LogP contribution in [0.25, 0.3) is 0 Å². The molecule has 0 aliphatic heterocycles. The molecule has 1 atom stereocenters. The van der Waals surface area contributed by atoms with Crippen LogP contribution in [0.5, 0.6) is 0 Å². The van der Waals surface area contributed by atoms with Crippen molar-refractivity contribution in [1.29, 1.82) is 0 Å². The van der Waals surface area contributed by atoms with Crippen LogP contribution in [0.15, 0.2) is 18.2 Å². The van der Waals surface area contributed by atoms with Crippen molar-refractivity contribution in [3.63, 3.8) is 0 Å². The molecular formula is C12H16ClFN2O2. The van der Waals surface area contributed by atoms with Crippen molar-refractivity contribution in [2.45, 2.75) is 6.10 Å². The third kappa shape index (κ3) is 5.00. The first-order chi connectivity index (χ1) is 8.38. The SMILES string of the molecule is CN(C)CC(O)CNC(=O)c1cc(F)cc(Cl)c1. The average molecular weight is 275 g/mol. The van der Waals surface area contributed by atoms with Gasteiger partial charge < -0.3 is 15.3 Å². The number of nitrogens with zero attached hydrogens (tertiary/aromatic N) is 1. The molecule has 6 heteroatoms. The van der Waals surface area contributed by atoms with Crippen LogP contribution in [0.4, 0.5) is 4.39 Å². The molecule has 1 rings (SSSR count). The molecule has 0 aliphatic rings. The summed E-state index contributed by atoms with van der Waals surface area (Å²) in [5.74, 6) is -1.03. The Morgan fingerprint density at radius 3 is 2.72 bits per heavy atom. The molecule has 0 aliphatic carbocycles. The minimum Gasteiger partial charge on any atom is -0.390 e. The van der Waals surface area contributed by atoms with Gasteiger partial charge in [0.25, 0.3) is 5.91 Å². The summed E-state index contributed by atoms with van der Waals surface area (Å²) in [6.07, 6.45) is -0.673. The normalized spacial score (nSPS) is 12.6. The lowest BCUT2D eigenvalue weighted by molar-refractivity contribution is 0.0892. The van der Waals surface area contributed by atoms with Crippen LogP contribution in [-0.2, 0) is 0 Å². The number of likely N-dealkylation sites (N-methyl/N-ethyl adjacent to an activating group) is 1. The highest BCUT2D eigenvalue weighted by Gasteiger charge is 2.11. The topological polar surface area (TPSA) is 52.6 Å². The number of rotatable bonds is 5. The van der Waals surface area contributed by atoms with E-state index < -0.39 is 17.8 Å². The van der Waals surface area contributed by atoms with Crippen molar-refractivity contribution >= 4 is 17.5 Å². The summed E-state index contributed by atoms with van der Waals surface area (Å²) in [6.45, 7) is 0.537. The van der Waals surface area contributed by atoms with Gasteiger partial charge in [0.2, 0.25) is 0 Å². The molecule has 100 valence electrons. The smallest absolute Gasteiger partial charge is 0.251 e. The van der Waals surface area contributed by atoms with Gasteiger partial charge >= 0.3 is 0 Å². The molecule has 0 heterocycles. The van der Waals surface area contributed by atoms with Gasteiger partial charge in [-0.1, -0.05) is 11.6 Å². The lowest BCUT2D eigenvalue weighted by Gasteiger charge is -2.16. The number of carbonyl (C=O) groups excluding carboxylic acids is 1. The summed E-state index contributed by atoms with van der Waals surface area (Å²) in [5.41, 5.74) is 0.136. The van der Waals surface area contributed by atoms with Crippen LogP contribution in [0.1, 0.15) is 10.4 Å². The molecule has 1 aromatic carbocycles. The highest BCUT2D eigenvalue weighted by molar-refractivity contribution is 6.31. The summed E-state index contributed by atoms with van der Waals surface area (Å²) in [6, 6.07) is 3.59. The van der Waals surface area contributed by atoms with Crippen molar-refractivity contribution in [1.82, 2.24) is 10.2 Å². The number of hydrogen-bond donors (Lipinski definition) is 2. The van der Waals surface area contributed by atoms with Crippen molar-refractivity contribution in [2.24, 2.45) is 0 Å². The zero-order chi connectivity index (χ0) is 13.7. The number of halogens is 2. The Hall–Kier alpha value is -1.17. The number of hydrogen-bond acceptors (Lipinski definition) is 3. The lowest BCUT2D eigenvalue weighted by atomic mass is 10.2. The van der Waals surface area contributed by atoms with Gasteiger partial charge in [0.1, 0.15) is 5.82 Å². The van der Waals surface area contributed by atoms with E-state index in [4.69, 9.17) is 11.6 Å². The van der Waals surface area contributed by atoms with Crippen LogP contribution < -0.4 is 5.32 Å². The van der Waals surface area contributed by atoms with Crippen LogP contribution in [0.2, 0.25) is 5.02 Å². The molecule has 1 amide bonds. The van der Waals surface area contributed by atoms with E-state index in [-0.39, 0.29) is 17.1 Å². The van der Waals surface area contributed by atoms with Crippen molar-refractivity contribution in [2.75, 3.05) is 27.2 Å². The van der Waals surface area contributed by atoms with Gasteiger partial charge in [-0.2, -0.15) is 0 Å². The van der Waals surface area contributed by atoms with Crippen molar-refractivity contribution in [3.8, 4) is 0 Å². The number of amides is 1. The second-order valence-corrected chi connectivity index (χ2v) is 4.72. The van der Waals surface area contributed by atoms with Gasteiger partial charge in [-0.15, -0.1) is 0 Å². The van der Waals surface area contributed by atoms with Crippen molar-refractivity contribution < 1.29 is 14.3 Å². The Balaban J connectivity index is 2.55. The average Bonchev–Trinajstić information content (AvgIpc) is 2.23. The molecule has 0 bridgehead atoms. The fraction of sp³-hybridized carbons (Fsp3) is 0.417. The molecule has 0 saturated carbocycles. The van der Waals surface area contributed by atoms with Crippen LogP contribution >= 0.6 is 11.6 Å². The van der Waals surface area contributed by atoms with E-state index in [2.05, 4.69) is 5.32 Å². The maximum absolute atomic E-state index is 13.0. The zero-order valence-electron chi connectivity index (χ0n) is 10.3. The van der Waals surface area contributed by atoms with E-state index in [1.807, 2.05) is 14.1 Å². The second kappa shape index (κ2) is 6.68. The molecule has 0 fully saturated rings. The summed E-state index contributed by atoms with van der Waals surface area (Å²) in [4.78, 5) is 13.5. The van der Waals surface area contributed by atoms with Crippen LogP contribution in [-0.4, -0.2) is 49.2 Å². The summed E-state index contributed by atoms with van der Waals surface area (Å²) < 4.78 is 13.0. The fourth-order valence-corrected chi connectivity index (χ4v) is 1.71. The summed E-state index contributed by atoms with van der Waals surface area (Å²) >= 11 is 5.65. The van der Waals surface area contributed by atoms with Crippen LogP contribution in [0, 0.1) is 5.82 Å². The number of aliphatic hydroxyl groups is 1. The molecule has 0 aromatic heterocycles. The number of benzene rings is 1. The van der Waals surface area contributed by atoms with E-state index in [9.17, 15) is 14.3 Å².